The minimum absolute atomic E-state index is 0.0761. The Bertz CT molecular complexity index is 318. The Balaban J connectivity index is 1.68. The van der Waals surface area contributed by atoms with Crippen LogP contribution in [0, 0.1) is 0 Å². The number of benzene rings is 1. The molecular weight excluding hydrogens is 331 g/mol. The van der Waals surface area contributed by atoms with Crippen molar-refractivity contribution in [1.29, 1.82) is 0 Å². The summed E-state index contributed by atoms with van der Waals surface area (Å²) >= 11 is 2.32. The number of hydrogen-bond donors (Lipinski definition) is 0. The molecule has 0 radical (unpaired) electrons. The van der Waals surface area contributed by atoms with E-state index in [4.69, 9.17) is 14.2 Å². The summed E-state index contributed by atoms with van der Waals surface area (Å²) in [5.41, 5.74) is 1.19. The Kier molecular flexibility index (Phi) is 5.70. The molecule has 0 aromatic heterocycles. The van der Waals surface area contributed by atoms with Crippen LogP contribution in [0.5, 0.6) is 0 Å². The largest absolute Gasteiger partial charge is 0.376 e. The van der Waals surface area contributed by atoms with E-state index in [1.54, 1.807) is 0 Å². The minimum Gasteiger partial charge on any atom is -0.376 e. The molecule has 0 bridgehead atoms. The van der Waals surface area contributed by atoms with Crippen LogP contribution in [0.3, 0.4) is 0 Å². The van der Waals surface area contributed by atoms with Crippen LogP contribution in [-0.4, -0.2) is 36.5 Å². The van der Waals surface area contributed by atoms with Crippen molar-refractivity contribution >= 4 is 22.6 Å². The molecule has 0 spiro atoms. The van der Waals surface area contributed by atoms with Gasteiger partial charge in [-0.05, 0) is 5.56 Å². The fraction of sp³-hybridized carbons (Fsp3) is 0.538. The predicted octanol–water partition coefficient (Wildman–Crippen LogP) is 2.42. The second-order valence-electron chi connectivity index (χ2n) is 4.07. The van der Waals surface area contributed by atoms with E-state index >= 15 is 0 Å². The van der Waals surface area contributed by atoms with Crippen LogP contribution in [0.4, 0.5) is 0 Å². The number of rotatable bonds is 5. The highest BCUT2D eigenvalue weighted by molar-refractivity contribution is 14.1. The third kappa shape index (κ3) is 4.54. The van der Waals surface area contributed by atoms with E-state index in [1.807, 2.05) is 18.2 Å². The summed E-state index contributed by atoms with van der Waals surface area (Å²) < 4.78 is 17.9. The minimum atomic E-state index is 0.0761. The van der Waals surface area contributed by atoms with Crippen molar-refractivity contribution in [1.82, 2.24) is 0 Å². The first-order chi connectivity index (χ1) is 8.38. The lowest BCUT2D eigenvalue weighted by Gasteiger charge is -2.29. The smallest absolute Gasteiger partial charge is 0.105 e. The maximum atomic E-state index is 5.82. The summed E-state index contributed by atoms with van der Waals surface area (Å²) in [6.07, 6.45) is 0.293. The second kappa shape index (κ2) is 7.31. The molecule has 1 aromatic rings. The normalized spacial score (nSPS) is 24.8. The van der Waals surface area contributed by atoms with Gasteiger partial charge in [-0.1, -0.05) is 52.9 Å². The molecular formula is C13H17IO3. The zero-order valence-electron chi connectivity index (χ0n) is 9.68. The first kappa shape index (κ1) is 13.3. The van der Waals surface area contributed by atoms with Gasteiger partial charge in [-0.3, -0.25) is 0 Å². The van der Waals surface area contributed by atoms with Gasteiger partial charge in [0.05, 0.1) is 32.5 Å². The van der Waals surface area contributed by atoms with Crippen LogP contribution in [-0.2, 0) is 20.8 Å². The topological polar surface area (TPSA) is 27.7 Å². The molecule has 1 aliphatic rings. The summed E-state index contributed by atoms with van der Waals surface area (Å²) in [5, 5.41) is 0. The molecule has 1 aromatic carbocycles. The van der Waals surface area contributed by atoms with E-state index in [2.05, 4.69) is 34.7 Å². The van der Waals surface area contributed by atoms with Gasteiger partial charge in [-0.2, -0.15) is 0 Å². The number of halogens is 1. The molecule has 0 aliphatic carbocycles. The summed E-state index contributed by atoms with van der Waals surface area (Å²) in [6.45, 7) is 2.58. The summed E-state index contributed by atoms with van der Waals surface area (Å²) in [6, 6.07) is 10.2. The highest BCUT2D eigenvalue weighted by Gasteiger charge is 2.22. The van der Waals surface area contributed by atoms with E-state index in [9.17, 15) is 0 Å². The Morgan fingerprint density at radius 2 is 1.94 bits per heavy atom. The van der Waals surface area contributed by atoms with E-state index in [0.29, 0.717) is 26.4 Å². The van der Waals surface area contributed by atoms with Crippen LogP contribution in [0.15, 0.2) is 30.3 Å². The quantitative estimate of drug-likeness (QED) is 0.604. The van der Waals surface area contributed by atoms with E-state index in [1.165, 1.54) is 5.56 Å². The lowest BCUT2D eigenvalue weighted by Crippen LogP contribution is -2.39. The van der Waals surface area contributed by atoms with Crippen LogP contribution in [0.2, 0.25) is 0 Å². The Labute approximate surface area is 116 Å². The molecule has 2 rings (SSSR count). The van der Waals surface area contributed by atoms with Gasteiger partial charge in [0.25, 0.3) is 0 Å². The maximum absolute atomic E-state index is 5.82. The molecule has 2 atom stereocenters. The average Bonchev–Trinajstić information content (AvgIpc) is 2.40. The zero-order valence-corrected chi connectivity index (χ0v) is 11.8. The molecule has 0 unspecified atom stereocenters. The molecule has 0 saturated carbocycles. The van der Waals surface area contributed by atoms with Crippen molar-refractivity contribution in [2.75, 3.05) is 24.2 Å². The summed E-state index contributed by atoms with van der Waals surface area (Å²) in [4.78, 5) is 0. The van der Waals surface area contributed by atoms with Crippen molar-refractivity contribution in [3.63, 3.8) is 0 Å². The maximum Gasteiger partial charge on any atom is 0.105 e. The van der Waals surface area contributed by atoms with E-state index in [-0.39, 0.29) is 12.2 Å². The summed E-state index contributed by atoms with van der Waals surface area (Å²) in [7, 11) is 0. The molecule has 17 heavy (non-hydrogen) atoms. The van der Waals surface area contributed by atoms with Crippen LogP contribution >= 0.6 is 22.6 Å². The van der Waals surface area contributed by atoms with E-state index in [0.717, 1.165) is 4.43 Å². The van der Waals surface area contributed by atoms with Crippen LogP contribution < -0.4 is 0 Å². The lowest BCUT2D eigenvalue weighted by molar-refractivity contribution is -0.150. The van der Waals surface area contributed by atoms with E-state index < -0.39 is 0 Å². The third-order valence-electron chi connectivity index (χ3n) is 2.58. The molecule has 3 nitrogen and oxygen atoms in total. The molecule has 4 heteroatoms. The fourth-order valence-electron chi connectivity index (χ4n) is 1.73. The highest BCUT2D eigenvalue weighted by Crippen LogP contribution is 2.11. The Morgan fingerprint density at radius 3 is 2.71 bits per heavy atom. The predicted molar refractivity (Wildman–Crippen MR) is 74.5 cm³/mol. The first-order valence-electron chi connectivity index (χ1n) is 5.79. The fourth-order valence-corrected chi connectivity index (χ4v) is 2.19. The summed E-state index contributed by atoms with van der Waals surface area (Å²) in [5.74, 6) is 0. The highest BCUT2D eigenvalue weighted by atomic mass is 127. The van der Waals surface area contributed by atoms with Crippen LogP contribution in [0.1, 0.15) is 5.56 Å². The number of ether oxygens (including phenoxy) is 3. The van der Waals surface area contributed by atoms with Gasteiger partial charge in [-0.15, -0.1) is 0 Å². The Morgan fingerprint density at radius 1 is 1.18 bits per heavy atom. The molecule has 94 valence electrons. The van der Waals surface area contributed by atoms with Crippen molar-refractivity contribution in [2.24, 2.45) is 0 Å². The van der Waals surface area contributed by atoms with Gasteiger partial charge in [0.15, 0.2) is 0 Å². The standard InChI is InChI=1S/C13H17IO3/c14-6-12-8-16-10-13(17-12)9-15-7-11-4-2-1-3-5-11/h1-5,12-13H,6-10H2/t12-,13-/m1/s1. The van der Waals surface area contributed by atoms with Gasteiger partial charge in [0.2, 0.25) is 0 Å². The van der Waals surface area contributed by atoms with Gasteiger partial charge in [0.1, 0.15) is 6.10 Å². The van der Waals surface area contributed by atoms with Gasteiger partial charge in [-0.25, -0.2) is 0 Å². The third-order valence-corrected chi connectivity index (χ3v) is 3.56. The number of alkyl halides is 1. The molecule has 1 saturated heterocycles. The van der Waals surface area contributed by atoms with Crippen molar-refractivity contribution in [2.45, 2.75) is 18.8 Å². The molecule has 1 aliphatic heterocycles. The van der Waals surface area contributed by atoms with Crippen LogP contribution in [0.25, 0.3) is 0 Å². The average molecular weight is 348 g/mol. The Hall–Kier alpha value is -0.170. The second-order valence-corrected chi connectivity index (χ2v) is 4.95. The lowest BCUT2D eigenvalue weighted by atomic mass is 10.2. The molecule has 0 amide bonds. The van der Waals surface area contributed by atoms with Crippen molar-refractivity contribution in [3.8, 4) is 0 Å². The van der Waals surface area contributed by atoms with Crippen molar-refractivity contribution in [3.05, 3.63) is 35.9 Å². The van der Waals surface area contributed by atoms with Gasteiger partial charge >= 0.3 is 0 Å². The van der Waals surface area contributed by atoms with Gasteiger partial charge in [0, 0.05) is 4.43 Å². The monoisotopic (exact) mass is 348 g/mol. The molecule has 0 N–H and O–H groups in total. The molecule has 1 fully saturated rings. The van der Waals surface area contributed by atoms with Gasteiger partial charge < -0.3 is 14.2 Å². The molecule has 1 heterocycles. The van der Waals surface area contributed by atoms with Crippen molar-refractivity contribution < 1.29 is 14.2 Å². The first-order valence-corrected chi connectivity index (χ1v) is 7.32. The number of hydrogen-bond acceptors (Lipinski definition) is 3. The zero-order chi connectivity index (χ0) is 11.9. The SMILES string of the molecule is IC[C@@H]1COC[C@@H](COCc2ccccc2)O1.